The summed E-state index contributed by atoms with van der Waals surface area (Å²) in [5.74, 6) is 1.45. The number of hydrogen-bond acceptors (Lipinski definition) is 3. The number of benzene rings is 1. The highest BCUT2D eigenvalue weighted by Gasteiger charge is 2.20. The topological polar surface area (TPSA) is 37.8 Å². The van der Waals surface area contributed by atoms with Crippen LogP contribution < -0.4 is 5.32 Å². The van der Waals surface area contributed by atoms with E-state index in [4.69, 9.17) is 4.98 Å². The predicted octanol–water partition coefficient (Wildman–Crippen LogP) is 2.53. The molecule has 0 radical (unpaired) electrons. The lowest BCUT2D eigenvalue weighted by Crippen LogP contribution is -2.11. The molecule has 92 valence electrons. The Bertz CT molecular complexity index is 531. The van der Waals surface area contributed by atoms with Gasteiger partial charge in [-0.1, -0.05) is 30.3 Å². The standard InChI is InChI=1S/C15H17N3/c1-11-9-14(12-5-3-2-4-6-12)18-15(17-11)13-7-8-16-10-13/h2-6,9,13,16H,7-8,10H2,1H3. The molecular weight excluding hydrogens is 222 g/mol. The van der Waals surface area contributed by atoms with Crippen LogP contribution in [0.3, 0.4) is 0 Å². The lowest BCUT2D eigenvalue weighted by molar-refractivity contribution is 0.698. The minimum atomic E-state index is 0.465. The Morgan fingerprint density at radius 3 is 2.72 bits per heavy atom. The van der Waals surface area contributed by atoms with E-state index in [2.05, 4.69) is 28.5 Å². The van der Waals surface area contributed by atoms with E-state index in [1.54, 1.807) is 0 Å². The first kappa shape index (κ1) is 11.4. The van der Waals surface area contributed by atoms with Crippen LogP contribution in [0.1, 0.15) is 23.9 Å². The highest BCUT2D eigenvalue weighted by Crippen LogP contribution is 2.23. The van der Waals surface area contributed by atoms with Gasteiger partial charge in [0.25, 0.3) is 0 Å². The maximum absolute atomic E-state index is 4.73. The zero-order chi connectivity index (χ0) is 12.4. The zero-order valence-electron chi connectivity index (χ0n) is 10.6. The zero-order valence-corrected chi connectivity index (χ0v) is 10.6. The fraction of sp³-hybridized carbons (Fsp3) is 0.333. The van der Waals surface area contributed by atoms with Crippen LogP contribution in [0.5, 0.6) is 0 Å². The lowest BCUT2D eigenvalue weighted by atomic mass is 10.1. The molecule has 18 heavy (non-hydrogen) atoms. The quantitative estimate of drug-likeness (QED) is 0.875. The van der Waals surface area contributed by atoms with E-state index in [9.17, 15) is 0 Å². The van der Waals surface area contributed by atoms with Crippen molar-refractivity contribution in [1.29, 1.82) is 0 Å². The second-order valence-electron chi connectivity index (χ2n) is 4.81. The third-order valence-corrected chi connectivity index (χ3v) is 3.37. The predicted molar refractivity (Wildman–Crippen MR) is 72.4 cm³/mol. The summed E-state index contributed by atoms with van der Waals surface area (Å²) in [7, 11) is 0. The number of nitrogens with zero attached hydrogens (tertiary/aromatic N) is 2. The van der Waals surface area contributed by atoms with Crippen molar-refractivity contribution in [3.8, 4) is 11.3 Å². The molecule has 1 aliphatic rings. The number of hydrogen-bond donors (Lipinski definition) is 1. The van der Waals surface area contributed by atoms with E-state index >= 15 is 0 Å². The van der Waals surface area contributed by atoms with Gasteiger partial charge in [0.1, 0.15) is 5.82 Å². The fourth-order valence-corrected chi connectivity index (χ4v) is 2.41. The first-order chi connectivity index (χ1) is 8.83. The Kier molecular flexibility index (Phi) is 3.07. The minimum Gasteiger partial charge on any atom is -0.316 e. The molecule has 1 saturated heterocycles. The lowest BCUT2D eigenvalue weighted by Gasteiger charge is -2.10. The largest absolute Gasteiger partial charge is 0.316 e. The normalized spacial score (nSPS) is 19.1. The molecule has 3 nitrogen and oxygen atoms in total. The monoisotopic (exact) mass is 239 g/mol. The molecule has 1 atom stereocenters. The van der Waals surface area contributed by atoms with E-state index < -0.39 is 0 Å². The van der Waals surface area contributed by atoms with Crippen LogP contribution in [-0.4, -0.2) is 23.1 Å². The van der Waals surface area contributed by atoms with Gasteiger partial charge < -0.3 is 5.32 Å². The second kappa shape index (κ2) is 4.86. The SMILES string of the molecule is Cc1cc(-c2ccccc2)nc(C2CCNC2)n1. The molecule has 1 N–H and O–H groups in total. The molecule has 3 rings (SSSR count). The van der Waals surface area contributed by atoms with Crippen LogP contribution in [0, 0.1) is 6.92 Å². The van der Waals surface area contributed by atoms with Crippen molar-refractivity contribution in [2.75, 3.05) is 13.1 Å². The summed E-state index contributed by atoms with van der Waals surface area (Å²) in [4.78, 5) is 9.32. The molecule has 0 bridgehead atoms. The molecule has 1 unspecified atom stereocenters. The molecule has 3 heteroatoms. The molecule has 1 aromatic heterocycles. The third-order valence-electron chi connectivity index (χ3n) is 3.37. The van der Waals surface area contributed by atoms with Gasteiger partial charge in [0.15, 0.2) is 0 Å². The van der Waals surface area contributed by atoms with Gasteiger partial charge in [-0.15, -0.1) is 0 Å². The highest BCUT2D eigenvalue weighted by atomic mass is 15.0. The molecular formula is C15H17N3. The Labute approximate surface area is 107 Å². The van der Waals surface area contributed by atoms with Crippen LogP contribution in [0.25, 0.3) is 11.3 Å². The number of aryl methyl sites for hydroxylation is 1. The summed E-state index contributed by atoms with van der Waals surface area (Å²) in [5.41, 5.74) is 3.24. The van der Waals surface area contributed by atoms with Crippen molar-refractivity contribution in [3.05, 3.63) is 47.9 Å². The minimum absolute atomic E-state index is 0.465. The van der Waals surface area contributed by atoms with E-state index in [0.29, 0.717) is 5.92 Å². The van der Waals surface area contributed by atoms with Gasteiger partial charge in [-0.25, -0.2) is 9.97 Å². The van der Waals surface area contributed by atoms with Crippen LogP contribution in [0.4, 0.5) is 0 Å². The fourth-order valence-electron chi connectivity index (χ4n) is 2.41. The summed E-state index contributed by atoms with van der Waals surface area (Å²) in [6, 6.07) is 12.4. The molecule has 1 aliphatic heterocycles. The molecule has 2 heterocycles. The highest BCUT2D eigenvalue weighted by molar-refractivity contribution is 5.59. The van der Waals surface area contributed by atoms with Crippen LogP contribution in [0.2, 0.25) is 0 Å². The van der Waals surface area contributed by atoms with Gasteiger partial charge >= 0.3 is 0 Å². The van der Waals surface area contributed by atoms with Crippen molar-refractivity contribution in [3.63, 3.8) is 0 Å². The maximum Gasteiger partial charge on any atom is 0.133 e. The van der Waals surface area contributed by atoms with E-state index in [-0.39, 0.29) is 0 Å². The van der Waals surface area contributed by atoms with E-state index in [1.807, 2.05) is 25.1 Å². The molecule has 2 aromatic rings. The average molecular weight is 239 g/mol. The molecule has 1 fully saturated rings. The Balaban J connectivity index is 2.00. The van der Waals surface area contributed by atoms with Gasteiger partial charge in [0, 0.05) is 23.7 Å². The first-order valence-electron chi connectivity index (χ1n) is 6.44. The smallest absolute Gasteiger partial charge is 0.133 e. The van der Waals surface area contributed by atoms with Crippen LogP contribution in [-0.2, 0) is 0 Å². The van der Waals surface area contributed by atoms with Crippen molar-refractivity contribution < 1.29 is 0 Å². The summed E-state index contributed by atoms with van der Waals surface area (Å²) < 4.78 is 0. The molecule has 1 aromatic carbocycles. The molecule has 0 spiro atoms. The van der Waals surface area contributed by atoms with Gasteiger partial charge in [-0.2, -0.15) is 0 Å². The molecule has 0 saturated carbocycles. The van der Waals surface area contributed by atoms with Crippen LogP contribution in [0.15, 0.2) is 36.4 Å². The van der Waals surface area contributed by atoms with E-state index in [1.165, 1.54) is 0 Å². The van der Waals surface area contributed by atoms with E-state index in [0.717, 1.165) is 42.3 Å². The Morgan fingerprint density at radius 1 is 1.17 bits per heavy atom. The number of nitrogens with one attached hydrogen (secondary N) is 1. The summed E-state index contributed by atoms with van der Waals surface area (Å²) in [6.07, 6.45) is 1.14. The van der Waals surface area contributed by atoms with Gasteiger partial charge in [0.05, 0.1) is 5.69 Å². The summed E-state index contributed by atoms with van der Waals surface area (Å²) >= 11 is 0. The van der Waals surface area contributed by atoms with Crippen LogP contribution >= 0.6 is 0 Å². The van der Waals surface area contributed by atoms with Crippen molar-refractivity contribution >= 4 is 0 Å². The molecule has 0 amide bonds. The van der Waals surface area contributed by atoms with Crippen molar-refractivity contribution in [2.45, 2.75) is 19.3 Å². The third kappa shape index (κ3) is 2.27. The molecule has 0 aliphatic carbocycles. The maximum atomic E-state index is 4.73. The van der Waals surface area contributed by atoms with Crippen molar-refractivity contribution in [1.82, 2.24) is 15.3 Å². The number of rotatable bonds is 2. The summed E-state index contributed by atoms with van der Waals surface area (Å²) in [6.45, 7) is 4.11. The average Bonchev–Trinajstić information content (AvgIpc) is 2.93. The Hall–Kier alpha value is -1.74. The van der Waals surface area contributed by atoms with Gasteiger partial charge in [-0.3, -0.25) is 0 Å². The Morgan fingerprint density at radius 2 is 2.00 bits per heavy atom. The first-order valence-corrected chi connectivity index (χ1v) is 6.44. The summed E-state index contributed by atoms with van der Waals surface area (Å²) in [5, 5.41) is 3.37. The van der Waals surface area contributed by atoms with Gasteiger partial charge in [-0.05, 0) is 26.0 Å². The second-order valence-corrected chi connectivity index (χ2v) is 4.81. The van der Waals surface area contributed by atoms with Gasteiger partial charge in [0.2, 0.25) is 0 Å². The number of aromatic nitrogens is 2. The van der Waals surface area contributed by atoms with Crippen molar-refractivity contribution in [2.24, 2.45) is 0 Å².